The molecule has 0 radical (unpaired) electrons. The lowest BCUT2D eigenvalue weighted by Crippen LogP contribution is -2.32. The number of nitrogen functional groups attached to an aromatic ring is 1. The molecule has 0 fully saturated rings. The number of rotatable bonds is 4. The molecule has 0 aliphatic carbocycles. The molecule has 0 spiro atoms. The molecule has 0 amide bonds. The van der Waals surface area contributed by atoms with E-state index in [0.29, 0.717) is 6.54 Å². The van der Waals surface area contributed by atoms with E-state index in [1.807, 2.05) is 18.3 Å². The van der Waals surface area contributed by atoms with Crippen LogP contribution in [0.3, 0.4) is 0 Å². The van der Waals surface area contributed by atoms with Crippen molar-refractivity contribution in [2.45, 2.75) is 26.4 Å². The number of hydrogen-bond acceptors (Lipinski definition) is 6. The average molecular weight is 396 g/mol. The molecule has 0 saturated heterocycles. The summed E-state index contributed by atoms with van der Waals surface area (Å²) in [6.45, 7) is 4.38. The Morgan fingerprint density at radius 2 is 2.00 bits per heavy atom. The van der Waals surface area contributed by atoms with Gasteiger partial charge in [-0.15, -0.1) is 0 Å². The number of pyridine rings is 1. The van der Waals surface area contributed by atoms with Gasteiger partial charge in [-0.3, -0.25) is 4.98 Å². The van der Waals surface area contributed by atoms with Gasteiger partial charge in [-0.1, -0.05) is 24.3 Å². The summed E-state index contributed by atoms with van der Waals surface area (Å²) in [6.07, 6.45) is 4.35. The maximum Gasteiger partial charge on any atom is 0.134 e. The van der Waals surface area contributed by atoms with Crippen molar-refractivity contribution in [2.75, 3.05) is 22.5 Å². The predicted octanol–water partition coefficient (Wildman–Crippen LogP) is 4.09. The normalized spacial score (nSPS) is 13.3. The lowest BCUT2D eigenvalue weighted by molar-refractivity contribution is 0.707. The molecule has 150 valence electrons. The van der Waals surface area contributed by atoms with Gasteiger partial charge in [0.1, 0.15) is 12.1 Å². The molecule has 1 aliphatic rings. The zero-order valence-corrected chi connectivity index (χ0v) is 17.0. The Labute approximate surface area is 175 Å². The topological polar surface area (TPSA) is 80.0 Å². The van der Waals surface area contributed by atoms with Crippen LogP contribution >= 0.6 is 0 Å². The third-order valence-corrected chi connectivity index (χ3v) is 5.66. The number of aryl methyl sites for hydroxylation is 1. The molecule has 0 saturated carbocycles. The maximum absolute atomic E-state index is 6.30. The highest BCUT2D eigenvalue weighted by molar-refractivity contribution is 5.79. The summed E-state index contributed by atoms with van der Waals surface area (Å²) in [5, 5.41) is 4.66. The molecule has 6 heteroatoms. The van der Waals surface area contributed by atoms with Gasteiger partial charge in [0.15, 0.2) is 0 Å². The first-order valence-corrected chi connectivity index (χ1v) is 10.2. The number of nitrogens with zero attached hydrogens (tertiary/aromatic N) is 4. The summed E-state index contributed by atoms with van der Waals surface area (Å²) >= 11 is 0. The fourth-order valence-corrected chi connectivity index (χ4v) is 4.07. The van der Waals surface area contributed by atoms with Crippen molar-refractivity contribution in [3.63, 3.8) is 0 Å². The summed E-state index contributed by atoms with van der Waals surface area (Å²) in [5.74, 6) is 0.886. The van der Waals surface area contributed by atoms with E-state index in [0.717, 1.165) is 58.9 Å². The van der Waals surface area contributed by atoms with Gasteiger partial charge >= 0.3 is 0 Å². The van der Waals surface area contributed by atoms with Gasteiger partial charge < -0.3 is 16.0 Å². The average Bonchev–Trinajstić information content (AvgIpc) is 2.77. The van der Waals surface area contributed by atoms with Gasteiger partial charge in [0.05, 0.1) is 22.6 Å². The van der Waals surface area contributed by atoms with E-state index >= 15 is 0 Å². The van der Waals surface area contributed by atoms with Crippen molar-refractivity contribution in [2.24, 2.45) is 0 Å². The minimum absolute atomic E-state index is 0.683. The Balaban J connectivity index is 1.38. The molecule has 0 unspecified atom stereocenters. The first-order chi connectivity index (χ1) is 14.7. The Morgan fingerprint density at radius 3 is 2.90 bits per heavy atom. The smallest absolute Gasteiger partial charge is 0.134 e. The largest absolute Gasteiger partial charge is 0.397 e. The molecule has 3 heterocycles. The summed E-state index contributed by atoms with van der Waals surface area (Å²) in [6, 6.07) is 16.6. The number of nitrogens with one attached hydrogen (secondary N) is 1. The van der Waals surface area contributed by atoms with Crippen LogP contribution in [0.15, 0.2) is 61.1 Å². The van der Waals surface area contributed by atoms with E-state index in [1.165, 1.54) is 11.1 Å². The Bertz CT molecular complexity index is 1220. The van der Waals surface area contributed by atoms with Gasteiger partial charge in [-0.2, -0.15) is 0 Å². The number of fused-ring (bicyclic) bond motifs is 2. The highest BCUT2D eigenvalue weighted by atomic mass is 15.2. The predicted molar refractivity (Wildman–Crippen MR) is 121 cm³/mol. The fourth-order valence-electron chi connectivity index (χ4n) is 4.07. The van der Waals surface area contributed by atoms with Crippen molar-refractivity contribution in [3.05, 3.63) is 83.4 Å². The molecule has 6 nitrogen and oxygen atoms in total. The van der Waals surface area contributed by atoms with Crippen LogP contribution in [0.5, 0.6) is 0 Å². The van der Waals surface area contributed by atoms with Crippen LogP contribution < -0.4 is 16.0 Å². The van der Waals surface area contributed by atoms with Crippen LogP contribution in [0, 0.1) is 6.92 Å². The third kappa shape index (κ3) is 3.52. The van der Waals surface area contributed by atoms with Gasteiger partial charge in [0, 0.05) is 43.2 Å². The summed E-state index contributed by atoms with van der Waals surface area (Å²) < 4.78 is 0. The van der Waals surface area contributed by atoms with E-state index in [-0.39, 0.29) is 0 Å². The van der Waals surface area contributed by atoms with Crippen molar-refractivity contribution in [1.29, 1.82) is 0 Å². The van der Waals surface area contributed by atoms with Crippen molar-refractivity contribution in [3.8, 4) is 0 Å². The lowest BCUT2D eigenvalue weighted by Gasteiger charge is -2.32. The lowest BCUT2D eigenvalue weighted by atomic mass is 10.0. The molecule has 2 aromatic heterocycles. The first kappa shape index (κ1) is 18.4. The van der Waals surface area contributed by atoms with Gasteiger partial charge in [-0.25, -0.2) is 9.97 Å². The molecule has 5 rings (SSSR count). The minimum Gasteiger partial charge on any atom is -0.397 e. The van der Waals surface area contributed by atoms with Crippen molar-refractivity contribution in [1.82, 2.24) is 15.0 Å². The van der Waals surface area contributed by atoms with Gasteiger partial charge in [-0.05, 0) is 42.3 Å². The van der Waals surface area contributed by atoms with E-state index in [2.05, 4.69) is 68.5 Å². The monoisotopic (exact) mass is 396 g/mol. The number of aromatic nitrogens is 3. The van der Waals surface area contributed by atoms with E-state index in [4.69, 9.17) is 5.73 Å². The Morgan fingerprint density at radius 1 is 1.07 bits per heavy atom. The highest BCUT2D eigenvalue weighted by Crippen LogP contribution is 2.31. The number of nitrogens with two attached hydrogens (primary N) is 1. The fraction of sp³-hybridized carbons (Fsp3) is 0.208. The van der Waals surface area contributed by atoms with E-state index in [1.54, 1.807) is 6.33 Å². The Kier molecular flexibility index (Phi) is 4.67. The van der Waals surface area contributed by atoms with Crippen molar-refractivity contribution >= 4 is 28.1 Å². The number of hydrogen-bond donors (Lipinski definition) is 2. The maximum atomic E-state index is 6.30. The van der Waals surface area contributed by atoms with Crippen LogP contribution in [0.1, 0.15) is 22.4 Å². The molecule has 3 N–H and O–H groups in total. The third-order valence-electron chi connectivity index (χ3n) is 5.66. The van der Waals surface area contributed by atoms with Gasteiger partial charge in [0.25, 0.3) is 0 Å². The molecule has 0 bridgehead atoms. The zero-order chi connectivity index (χ0) is 20.5. The van der Waals surface area contributed by atoms with Crippen LogP contribution in [-0.4, -0.2) is 21.5 Å². The molecule has 2 aromatic carbocycles. The summed E-state index contributed by atoms with van der Waals surface area (Å²) in [7, 11) is 0. The molecule has 1 aliphatic heterocycles. The van der Waals surface area contributed by atoms with E-state index < -0.39 is 0 Å². The molecular weight excluding hydrogens is 372 g/mol. The molecule has 30 heavy (non-hydrogen) atoms. The van der Waals surface area contributed by atoms with Crippen LogP contribution in [0.4, 0.5) is 17.2 Å². The molecule has 4 aromatic rings. The van der Waals surface area contributed by atoms with Crippen molar-refractivity contribution < 1.29 is 0 Å². The van der Waals surface area contributed by atoms with Crippen LogP contribution in [0.25, 0.3) is 10.9 Å². The minimum atomic E-state index is 0.683. The quantitative estimate of drug-likeness (QED) is 0.506. The SMILES string of the molecule is Cc1ccc(N2CCc3ncnc(NCc4ccc5cccnc5c4)c3C2)c(N)c1. The molecular formula is C24H24N6. The number of benzene rings is 2. The standard InChI is InChI=1S/C24H24N6/c1-16-4-7-23(20(25)11-16)30-10-8-21-19(14-30)24(29-15-28-21)27-13-17-5-6-18-3-2-9-26-22(18)12-17/h2-7,9,11-12,15H,8,10,13-14,25H2,1H3,(H,27,28,29). The second kappa shape index (κ2) is 7.63. The van der Waals surface area contributed by atoms with Crippen LogP contribution in [-0.2, 0) is 19.5 Å². The summed E-state index contributed by atoms with van der Waals surface area (Å²) in [4.78, 5) is 15.8. The first-order valence-electron chi connectivity index (χ1n) is 10.2. The highest BCUT2D eigenvalue weighted by Gasteiger charge is 2.22. The second-order valence-electron chi connectivity index (χ2n) is 7.77. The molecule has 0 atom stereocenters. The number of anilines is 3. The Hall–Kier alpha value is -3.67. The van der Waals surface area contributed by atoms with Crippen LogP contribution in [0.2, 0.25) is 0 Å². The summed E-state index contributed by atoms with van der Waals surface area (Å²) in [5.41, 5.74) is 13.8. The second-order valence-corrected chi connectivity index (χ2v) is 7.77. The van der Waals surface area contributed by atoms with E-state index in [9.17, 15) is 0 Å². The zero-order valence-electron chi connectivity index (χ0n) is 17.0. The van der Waals surface area contributed by atoms with Gasteiger partial charge in [0.2, 0.25) is 0 Å².